The molecule has 0 spiro atoms. The Morgan fingerprint density at radius 1 is 1.14 bits per heavy atom. The Morgan fingerprint density at radius 3 is 2.46 bits per heavy atom. The van der Waals surface area contributed by atoms with Crippen molar-refractivity contribution >= 4 is 45.6 Å². The van der Waals surface area contributed by atoms with Crippen LogP contribution in [0.5, 0.6) is 0 Å². The topological polar surface area (TPSA) is 79.7 Å². The number of hydrogen-bond donors (Lipinski definition) is 1. The summed E-state index contributed by atoms with van der Waals surface area (Å²) >= 11 is 1.56. The van der Waals surface area contributed by atoms with Crippen molar-refractivity contribution in [3.63, 3.8) is 0 Å². The SMILES string of the molecule is CCO[PH+](O)CN(c1ccc2sc(C)nc2c1)S(=O)(=O)c1cc(C)cc(C)c1. The van der Waals surface area contributed by atoms with Crippen LogP contribution < -0.4 is 4.31 Å². The van der Waals surface area contributed by atoms with Crippen molar-refractivity contribution < 1.29 is 17.8 Å². The molecule has 2 aromatic carbocycles. The molecule has 1 atom stereocenters. The van der Waals surface area contributed by atoms with Crippen LogP contribution in [0.4, 0.5) is 5.69 Å². The van der Waals surface area contributed by atoms with Crippen LogP contribution in [-0.4, -0.2) is 31.2 Å². The van der Waals surface area contributed by atoms with E-state index in [1.165, 1.54) is 4.31 Å². The molecule has 1 unspecified atom stereocenters. The molecular weight excluding hydrogens is 415 g/mol. The number of fused-ring (bicyclic) bond motifs is 1. The van der Waals surface area contributed by atoms with Gasteiger partial charge in [0.25, 0.3) is 18.4 Å². The Kier molecular flexibility index (Phi) is 6.37. The molecule has 0 saturated heterocycles. The maximum absolute atomic E-state index is 13.5. The maximum atomic E-state index is 13.5. The van der Waals surface area contributed by atoms with Crippen LogP contribution in [0.25, 0.3) is 10.2 Å². The second kappa shape index (κ2) is 8.43. The Hall–Kier alpha value is -1.57. The molecule has 0 amide bonds. The predicted molar refractivity (Wildman–Crippen MR) is 117 cm³/mol. The highest BCUT2D eigenvalue weighted by Crippen LogP contribution is 2.38. The Morgan fingerprint density at radius 2 is 1.82 bits per heavy atom. The molecule has 150 valence electrons. The Bertz CT molecular complexity index is 1080. The summed E-state index contributed by atoms with van der Waals surface area (Å²) in [4.78, 5) is 14.9. The quantitative estimate of drug-likeness (QED) is 0.550. The standard InChI is InChI=1S/C19H23N2O4PS2/c1-5-25-26(22)12-21(16-6-7-19-18(11-16)20-15(4)27-19)28(23,24)17-9-13(2)8-14(3)10-17/h6-11,22H,5,12H2,1-4H3/p+1. The van der Waals surface area contributed by atoms with E-state index in [9.17, 15) is 13.3 Å². The lowest BCUT2D eigenvalue weighted by atomic mass is 10.2. The van der Waals surface area contributed by atoms with E-state index >= 15 is 0 Å². The van der Waals surface area contributed by atoms with Gasteiger partial charge in [0.2, 0.25) is 0 Å². The molecule has 9 heteroatoms. The number of hydrogen-bond acceptors (Lipinski definition) is 6. The number of aromatic nitrogens is 1. The molecule has 28 heavy (non-hydrogen) atoms. The number of nitrogens with zero attached hydrogens (tertiary/aromatic N) is 2. The summed E-state index contributed by atoms with van der Waals surface area (Å²) in [6.07, 6.45) is -0.109. The van der Waals surface area contributed by atoms with E-state index in [-0.39, 0.29) is 11.2 Å². The molecule has 3 aromatic rings. The third-order valence-electron chi connectivity index (χ3n) is 4.14. The van der Waals surface area contributed by atoms with Crippen molar-refractivity contribution in [2.45, 2.75) is 32.6 Å². The largest absolute Gasteiger partial charge is 0.279 e. The Balaban J connectivity index is 2.11. The molecule has 1 N–H and O–H groups in total. The van der Waals surface area contributed by atoms with E-state index in [0.717, 1.165) is 26.4 Å². The molecule has 0 bridgehead atoms. The van der Waals surface area contributed by atoms with Gasteiger partial charge in [-0.05, 0) is 69.2 Å². The van der Waals surface area contributed by atoms with Crippen molar-refractivity contribution in [3.05, 3.63) is 52.5 Å². The molecule has 0 aliphatic heterocycles. The highest BCUT2D eigenvalue weighted by Gasteiger charge is 2.31. The first-order valence-corrected chi connectivity index (χ1v) is 12.7. The van der Waals surface area contributed by atoms with Crippen molar-refractivity contribution in [2.24, 2.45) is 0 Å². The number of sulfonamides is 1. The van der Waals surface area contributed by atoms with Gasteiger partial charge in [0, 0.05) is 0 Å². The second-order valence-electron chi connectivity index (χ2n) is 6.55. The van der Waals surface area contributed by atoms with Crippen LogP contribution in [0.15, 0.2) is 41.3 Å². The average Bonchev–Trinajstić information content (AvgIpc) is 2.98. The molecular formula is C19H24N2O4PS2+. The van der Waals surface area contributed by atoms with E-state index < -0.39 is 18.4 Å². The third-order valence-corrected chi connectivity index (χ3v) is 8.28. The van der Waals surface area contributed by atoms with Crippen LogP contribution in [0.3, 0.4) is 0 Å². The first kappa shape index (κ1) is 21.1. The summed E-state index contributed by atoms with van der Waals surface area (Å²) in [5.41, 5.74) is 2.93. The van der Waals surface area contributed by atoms with Crippen molar-refractivity contribution in [1.29, 1.82) is 0 Å². The predicted octanol–water partition coefficient (Wildman–Crippen LogP) is 4.45. The average molecular weight is 440 g/mol. The second-order valence-corrected chi connectivity index (χ2v) is 11.0. The first-order valence-electron chi connectivity index (χ1n) is 8.86. The van der Waals surface area contributed by atoms with Crippen LogP contribution in [0.2, 0.25) is 0 Å². The summed E-state index contributed by atoms with van der Waals surface area (Å²) in [5, 5.41) is 0.914. The molecule has 0 saturated carbocycles. The fourth-order valence-electron chi connectivity index (χ4n) is 3.05. The number of benzene rings is 2. The van der Waals surface area contributed by atoms with Crippen LogP contribution >= 0.6 is 19.7 Å². The molecule has 0 aliphatic rings. The molecule has 3 rings (SSSR count). The molecule has 0 radical (unpaired) electrons. The van der Waals surface area contributed by atoms with E-state index in [1.807, 2.05) is 32.9 Å². The van der Waals surface area contributed by atoms with E-state index in [2.05, 4.69) is 4.98 Å². The van der Waals surface area contributed by atoms with Crippen molar-refractivity contribution in [1.82, 2.24) is 4.98 Å². The summed E-state index contributed by atoms with van der Waals surface area (Å²) in [5.74, 6) is 0. The molecule has 1 aromatic heterocycles. The number of anilines is 1. The van der Waals surface area contributed by atoms with Gasteiger partial charge in [-0.1, -0.05) is 6.07 Å². The van der Waals surface area contributed by atoms with Crippen molar-refractivity contribution in [3.8, 4) is 0 Å². The highest BCUT2D eigenvalue weighted by molar-refractivity contribution is 7.93. The smallest absolute Gasteiger partial charge is 0.241 e. The molecule has 0 fully saturated rings. The van der Waals surface area contributed by atoms with Gasteiger partial charge in [-0.25, -0.2) is 27.1 Å². The minimum atomic E-state index is -3.88. The van der Waals surface area contributed by atoms with Gasteiger partial charge in [-0.15, -0.1) is 11.3 Å². The van der Waals surface area contributed by atoms with Gasteiger partial charge in [0.05, 0.1) is 32.4 Å². The van der Waals surface area contributed by atoms with Gasteiger partial charge in [-0.3, -0.25) is 0 Å². The zero-order valence-corrected chi connectivity index (χ0v) is 18.9. The molecule has 1 heterocycles. The van der Waals surface area contributed by atoms with Gasteiger partial charge in [0.1, 0.15) is 0 Å². The normalized spacial score (nSPS) is 13.0. The number of thiazole rings is 1. The van der Waals surface area contributed by atoms with Crippen LogP contribution in [-0.2, 0) is 14.5 Å². The number of rotatable bonds is 7. The van der Waals surface area contributed by atoms with Gasteiger partial charge < -0.3 is 0 Å². The lowest BCUT2D eigenvalue weighted by Crippen LogP contribution is -2.31. The number of aryl methyl sites for hydroxylation is 3. The zero-order valence-electron chi connectivity index (χ0n) is 16.3. The lowest BCUT2D eigenvalue weighted by molar-refractivity contribution is 0.330. The lowest BCUT2D eigenvalue weighted by Gasteiger charge is -2.23. The third kappa shape index (κ3) is 4.53. The zero-order chi connectivity index (χ0) is 20.5. The fourth-order valence-corrected chi connectivity index (χ4v) is 7.03. The maximum Gasteiger partial charge on any atom is 0.279 e. The van der Waals surface area contributed by atoms with Gasteiger partial charge in [-0.2, -0.15) is 0 Å². The van der Waals surface area contributed by atoms with Crippen LogP contribution in [0, 0.1) is 20.8 Å². The summed E-state index contributed by atoms with van der Waals surface area (Å²) in [6.45, 7) is 7.74. The minimum absolute atomic E-state index is 0.109. The summed E-state index contributed by atoms with van der Waals surface area (Å²) in [7, 11) is -6.19. The Labute approximate surface area is 170 Å². The molecule has 0 aliphatic carbocycles. The van der Waals surface area contributed by atoms with Gasteiger partial charge in [0.15, 0.2) is 6.29 Å². The fraction of sp³-hybridized carbons (Fsp3) is 0.316. The van der Waals surface area contributed by atoms with Crippen LogP contribution in [0.1, 0.15) is 23.1 Å². The molecule has 6 nitrogen and oxygen atoms in total. The summed E-state index contributed by atoms with van der Waals surface area (Å²) < 4.78 is 34.5. The highest BCUT2D eigenvalue weighted by atomic mass is 32.2. The monoisotopic (exact) mass is 439 g/mol. The van der Waals surface area contributed by atoms with E-state index in [1.54, 1.807) is 42.5 Å². The van der Waals surface area contributed by atoms with Gasteiger partial charge >= 0.3 is 0 Å². The van der Waals surface area contributed by atoms with E-state index in [4.69, 9.17) is 4.52 Å². The minimum Gasteiger partial charge on any atom is -0.241 e. The summed E-state index contributed by atoms with van der Waals surface area (Å²) in [6, 6.07) is 10.6. The van der Waals surface area contributed by atoms with Crippen molar-refractivity contribution in [2.75, 3.05) is 17.2 Å². The first-order chi connectivity index (χ1) is 13.2. The van der Waals surface area contributed by atoms with E-state index in [0.29, 0.717) is 12.3 Å².